The quantitative estimate of drug-likeness (QED) is 0.741. The number of amides is 1. The van der Waals surface area contributed by atoms with E-state index < -0.39 is 35.7 Å². The predicted molar refractivity (Wildman–Crippen MR) is 57.1 cm³/mol. The van der Waals surface area contributed by atoms with Crippen LogP contribution < -0.4 is 5.32 Å². The first-order valence-electron chi connectivity index (χ1n) is 5.04. The van der Waals surface area contributed by atoms with E-state index >= 15 is 0 Å². The Morgan fingerprint density at radius 1 is 1.28 bits per heavy atom. The molecule has 0 radical (unpaired) electrons. The third kappa shape index (κ3) is 4.10. The lowest BCUT2D eigenvalue weighted by atomic mass is 10.2. The van der Waals surface area contributed by atoms with Gasteiger partial charge in [0.25, 0.3) is 5.91 Å². The van der Waals surface area contributed by atoms with Crippen molar-refractivity contribution < 1.29 is 28.2 Å². The van der Waals surface area contributed by atoms with Crippen LogP contribution in [0.1, 0.15) is 10.4 Å². The first-order valence-corrected chi connectivity index (χ1v) is 5.04. The van der Waals surface area contributed by atoms with E-state index in [1.165, 1.54) is 0 Å². The van der Waals surface area contributed by atoms with Crippen LogP contribution in [0.15, 0.2) is 18.2 Å². The molecule has 5 nitrogen and oxygen atoms in total. The lowest BCUT2D eigenvalue weighted by molar-refractivity contribution is -0.142. The van der Waals surface area contributed by atoms with Gasteiger partial charge in [-0.1, -0.05) is 6.07 Å². The molecule has 0 saturated carbocycles. The van der Waals surface area contributed by atoms with Crippen LogP contribution >= 0.6 is 0 Å². The van der Waals surface area contributed by atoms with Gasteiger partial charge in [0.15, 0.2) is 0 Å². The summed E-state index contributed by atoms with van der Waals surface area (Å²) < 4.78 is 31.0. The summed E-state index contributed by atoms with van der Waals surface area (Å²) in [5, 5.41) is 10.5. The SMILES string of the molecule is O=C(O)COCCNC(=O)c1c(F)cccc1F. The van der Waals surface area contributed by atoms with Gasteiger partial charge in [0, 0.05) is 6.54 Å². The highest BCUT2D eigenvalue weighted by atomic mass is 19.1. The van der Waals surface area contributed by atoms with Crippen LogP contribution in [0, 0.1) is 11.6 Å². The molecule has 1 amide bonds. The average molecular weight is 259 g/mol. The first-order chi connectivity index (χ1) is 8.52. The highest BCUT2D eigenvalue weighted by Crippen LogP contribution is 2.11. The Balaban J connectivity index is 2.44. The van der Waals surface area contributed by atoms with Gasteiger partial charge in [-0.3, -0.25) is 4.79 Å². The number of carboxylic acids is 1. The van der Waals surface area contributed by atoms with Crippen molar-refractivity contribution in [3.05, 3.63) is 35.4 Å². The molecule has 0 aliphatic rings. The number of hydrogen-bond acceptors (Lipinski definition) is 3. The second kappa shape index (κ2) is 6.65. The molecule has 0 unspecified atom stereocenters. The number of carbonyl (C=O) groups is 2. The predicted octanol–water partition coefficient (Wildman–Crippen LogP) is 0.796. The molecule has 0 bridgehead atoms. The van der Waals surface area contributed by atoms with Crippen molar-refractivity contribution >= 4 is 11.9 Å². The molecule has 0 aliphatic carbocycles. The Morgan fingerprint density at radius 3 is 2.44 bits per heavy atom. The third-order valence-corrected chi connectivity index (χ3v) is 1.95. The smallest absolute Gasteiger partial charge is 0.329 e. The fourth-order valence-electron chi connectivity index (χ4n) is 1.20. The molecule has 0 aliphatic heterocycles. The summed E-state index contributed by atoms with van der Waals surface area (Å²) in [6, 6.07) is 3.09. The molecule has 0 heterocycles. The van der Waals surface area contributed by atoms with Crippen LogP contribution in [0.5, 0.6) is 0 Å². The van der Waals surface area contributed by atoms with Crippen molar-refractivity contribution in [1.82, 2.24) is 5.32 Å². The number of nitrogens with one attached hydrogen (secondary N) is 1. The summed E-state index contributed by atoms with van der Waals surface area (Å²) in [6.45, 7) is -0.599. The van der Waals surface area contributed by atoms with E-state index in [1.54, 1.807) is 0 Å². The second-order valence-corrected chi connectivity index (χ2v) is 3.30. The van der Waals surface area contributed by atoms with Crippen molar-refractivity contribution in [2.45, 2.75) is 0 Å². The summed E-state index contributed by atoms with van der Waals surface area (Å²) in [7, 11) is 0. The lowest BCUT2D eigenvalue weighted by Crippen LogP contribution is -2.29. The van der Waals surface area contributed by atoms with Gasteiger partial charge in [-0.2, -0.15) is 0 Å². The Hall–Kier alpha value is -2.02. The number of aliphatic carboxylic acids is 1. The van der Waals surface area contributed by atoms with Gasteiger partial charge in [-0.05, 0) is 12.1 Å². The number of halogens is 2. The van der Waals surface area contributed by atoms with Gasteiger partial charge >= 0.3 is 5.97 Å². The third-order valence-electron chi connectivity index (χ3n) is 1.95. The zero-order chi connectivity index (χ0) is 13.5. The molecule has 1 aromatic rings. The van der Waals surface area contributed by atoms with Crippen LogP contribution in [0.4, 0.5) is 8.78 Å². The number of ether oxygens (including phenoxy) is 1. The van der Waals surface area contributed by atoms with E-state index in [0.29, 0.717) is 0 Å². The molecule has 0 aromatic heterocycles. The van der Waals surface area contributed by atoms with Crippen LogP contribution in [0.3, 0.4) is 0 Å². The Labute approximate surface area is 101 Å². The average Bonchev–Trinajstić information content (AvgIpc) is 2.27. The first kappa shape index (κ1) is 14.0. The maximum atomic E-state index is 13.2. The molecular formula is C11H11F2NO4. The molecule has 2 N–H and O–H groups in total. The molecule has 1 aromatic carbocycles. The molecule has 0 spiro atoms. The van der Waals surface area contributed by atoms with Crippen LogP contribution in [-0.2, 0) is 9.53 Å². The van der Waals surface area contributed by atoms with Gasteiger partial charge in [-0.25, -0.2) is 13.6 Å². The number of carboxylic acid groups (broad SMARTS) is 1. The summed E-state index contributed by atoms with van der Waals surface area (Å²) in [5.74, 6) is -3.97. The highest BCUT2D eigenvalue weighted by molar-refractivity contribution is 5.94. The molecular weight excluding hydrogens is 248 g/mol. The number of hydrogen-bond donors (Lipinski definition) is 2. The van der Waals surface area contributed by atoms with E-state index in [1.807, 2.05) is 0 Å². The summed E-state index contributed by atoms with van der Waals surface area (Å²) >= 11 is 0. The van der Waals surface area contributed by atoms with E-state index in [9.17, 15) is 18.4 Å². The Morgan fingerprint density at radius 2 is 1.89 bits per heavy atom. The van der Waals surface area contributed by atoms with Gasteiger partial charge in [0.05, 0.1) is 6.61 Å². The summed E-state index contributed by atoms with van der Waals surface area (Å²) in [6.07, 6.45) is 0. The van der Waals surface area contributed by atoms with Crippen molar-refractivity contribution in [2.24, 2.45) is 0 Å². The lowest BCUT2D eigenvalue weighted by Gasteiger charge is -2.06. The zero-order valence-corrected chi connectivity index (χ0v) is 9.28. The molecule has 98 valence electrons. The minimum atomic E-state index is -1.14. The molecule has 0 atom stereocenters. The van der Waals surface area contributed by atoms with Crippen LogP contribution in [-0.4, -0.2) is 36.7 Å². The van der Waals surface area contributed by atoms with Crippen molar-refractivity contribution in [3.63, 3.8) is 0 Å². The van der Waals surface area contributed by atoms with E-state index in [0.717, 1.165) is 18.2 Å². The Kier molecular flexibility index (Phi) is 5.19. The monoisotopic (exact) mass is 259 g/mol. The van der Waals surface area contributed by atoms with Crippen LogP contribution in [0.25, 0.3) is 0 Å². The fraction of sp³-hybridized carbons (Fsp3) is 0.273. The highest BCUT2D eigenvalue weighted by Gasteiger charge is 2.16. The minimum absolute atomic E-state index is 0.0418. The fourth-order valence-corrected chi connectivity index (χ4v) is 1.20. The topological polar surface area (TPSA) is 75.6 Å². The van der Waals surface area contributed by atoms with E-state index in [4.69, 9.17) is 5.11 Å². The maximum absolute atomic E-state index is 13.2. The van der Waals surface area contributed by atoms with E-state index in [2.05, 4.69) is 10.1 Å². The zero-order valence-electron chi connectivity index (χ0n) is 9.28. The van der Waals surface area contributed by atoms with Gasteiger partial charge in [0.1, 0.15) is 23.8 Å². The standard InChI is InChI=1S/C11H11F2NO4/c12-7-2-1-3-8(13)10(7)11(17)14-4-5-18-6-9(15)16/h1-3H,4-6H2,(H,14,17)(H,15,16). The van der Waals surface area contributed by atoms with Gasteiger partial charge < -0.3 is 15.2 Å². The molecule has 0 fully saturated rings. The van der Waals surface area contributed by atoms with Gasteiger partial charge in [-0.15, -0.1) is 0 Å². The minimum Gasteiger partial charge on any atom is -0.480 e. The largest absolute Gasteiger partial charge is 0.480 e. The number of carbonyl (C=O) groups excluding carboxylic acids is 1. The van der Waals surface area contributed by atoms with Crippen molar-refractivity contribution in [1.29, 1.82) is 0 Å². The second-order valence-electron chi connectivity index (χ2n) is 3.30. The van der Waals surface area contributed by atoms with Gasteiger partial charge in [0.2, 0.25) is 0 Å². The molecule has 0 saturated heterocycles. The maximum Gasteiger partial charge on any atom is 0.329 e. The normalized spacial score (nSPS) is 10.1. The number of benzene rings is 1. The number of rotatable bonds is 6. The van der Waals surface area contributed by atoms with E-state index in [-0.39, 0.29) is 13.2 Å². The van der Waals surface area contributed by atoms with Crippen molar-refractivity contribution in [2.75, 3.05) is 19.8 Å². The van der Waals surface area contributed by atoms with Crippen molar-refractivity contribution in [3.8, 4) is 0 Å². The van der Waals surface area contributed by atoms with Crippen LogP contribution in [0.2, 0.25) is 0 Å². The molecule has 1 rings (SSSR count). The summed E-state index contributed by atoms with van der Waals surface area (Å²) in [4.78, 5) is 21.5. The molecule has 7 heteroatoms. The molecule has 18 heavy (non-hydrogen) atoms. The summed E-state index contributed by atoms with van der Waals surface area (Å²) in [5.41, 5.74) is -0.671. The Bertz CT molecular complexity index is 430.